The highest BCUT2D eigenvalue weighted by Crippen LogP contribution is 2.15. The van der Waals surface area contributed by atoms with E-state index in [1.807, 2.05) is 68.4 Å². The summed E-state index contributed by atoms with van der Waals surface area (Å²) in [5.74, 6) is -0.1000. The van der Waals surface area contributed by atoms with E-state index >= 15 is 0 Å². The summed E-state index contributed by atoms with van der Waals surface area (Å²) < 4.78 is 10.4. The van der Waals surface area contributed by atoms with Gasteiger partial charge >= 0.3 is 5.97 Å². The van der Waals surface area contributed by atoms with Crippen LogP contribution in [0.3, 0.4) is 0 Å². The van der Waals surface area contributed by atoms with E-state index in [0.29, 0.717) is 6.61 Å². The summed E-state index contributed by atoms with van der Waals surface area (Å²) in [6.45, 7) is 4.20. The number of carbonyl (C=O) groups is 2. The van der Waals surface area contributed by atoms with Crippen LogP contribution in [0.5, 0.6) is 5.75 Å². The number of ether oxygens (including phenoxy) is 2. The number of amides is 1. The molecule has 142 valence electrons. The Bertz CT molecular complexity index is 767. The van der Waals surface area contributed by atoms with Gasteiger partial charge < -0.3 is 14.8 Å². The van der Waals surface area contributed by atoms with Gasteiger partial charge in [0.15, 0.2) is 0 Å². The van der Waals surface area contributed by atoms with Crippen LogP contribution >= 0.6 is 0 Å². The van der Waals surface area contributed by atoms with Crippen LogP contribution in [0, 0.1) is 5.92 Å². The van der Waals surface area contributed by atoms with Gasteiger partial charge in [0.1, 0.15) is 18.4 Å². The van der Waals surface area contributed by atoms with Crippen LogP contribution in [0.4, 0.5) is 0 Å². The minimum atomic E-state index is -0.666. The molecule has 0 radical (unpaired) electrons. The Morgan fingerprint density at radius 3 is 2.30 bits per heavy atom. The van der Waals surface area contributed by atoms with Crippen LogP contribution in [0.15, 0.2) is 60.7 Å². The molecule has 0 aliphatic heterocycles. The van der Waals surface area contributed by atoms with Crippen LogP contribution in [-0.4, -0.2) is 25.0 Å². The molecule has 0 fully saturated rings. The molecule has 2 aromatic rings. The normalized spacial score (nSPS) is 12.0. The first-order valence-electron chi connectivity index (χ1n) is 8.83. The molecule has 5 nitrogen and oxygen atoms in total. The van der Waals surface area contributed by atoms with E-state index in [1.54, 1.807) is 6.08 Å². The Balaban J connectivity index is 1.89. The number of rotatable bonds is 8. The van der Waals surface area contributed by atoms with E-state index in [-0.39, 0.29) is 11.8 Å². The molecule has 2 rings (SSSR count). The molecule has 0 saturated carbocycles. The Hall–Kier alpha value is -3.08. The minimum Gasteiger partial charge on any atom is -0.489 e. The van der Waals surface area contributed by atoms with Gasteiger partial charge in [-0.3, -0.25) is 4.79 Å². The van der Waals surface area contributed by atoms with Crippen LogP contribution in [0.1, 0.15) is 25.0 Å². The van der Waals surface area contributed by atoms with Gasteiger partial charge in [-0.1, -0.05) is 56.3 Å². The molecule has 1 amide bonds. The van der Waals surface area contributed by atoms with Crippen molar-refractivity contribution in [1.29, 1.82) is 0 Å². The van der Waals surface area contributed by atoms with Gasteiger partial charge in [0.2, 0.25) is 5.91 Å². The molecule has 27 heavy (non-hydrogen) atoms. The summed E-state index contributed by atoms with van der Waals surface area (Å²) in [4.78, 5) is 23.7. The standard InChI is InChI=1S/C22H25NO4/c1-16(2)21(22(25)26-3)23-20(24)14-11-17-9-12-19(13-10-17)27-15-18-7-5-4-6-8-18/h4-14,16,21H,15H2,1-3H3,(H,23,24)/b14-11+/t21-/m0/s1. The lowest BCUT2D eigenvalue weighted by Gasteiger charge is -2.18. The van der Waals surface area contributed by atoms with Gasteiger partial charge in [-0.15, -0.1) is 0 Å². The maximum Gasteiger partial charge on any atom is 0.328 e. The zero-order valence-electron chi connectivity index (χ0n) is 15.8. The second kappa shape index (κ2) is 10.2. The Labute approximate surface area is 160 Å². The average Bonchev–Trinajstić information content (AvgIpc) is 2.69. The molecule has 1 N–H and O–H groups in total. The number of carbonyl (C=O) groups excluding carboxylic acids is 2. The van der Waals surface area contributed by atoms with Crippen molar-refractivity contribution in [2.24, 2.45) is 5.92 Å². The molecule has 0 saturated heterocycles. The van der Waals surface area contributed by atoms with Crippen molar-refractivity contribution < 1.29 is 19.1 Å². The van der Waals surface area contributed by atoms with Gasteiger partial charge in [-0.2, -0.15) is 0 Å². The van der Waals surface area contributed by atoms with Gasteiger partial charge in [0.25, 0.3) is 0 Å². The third-order valence-electron chi connectivity index (χ3n) is 3.98. The fourth-order valence-electron chi connectivity index (χ4n) is 2.41. The molecule has 0 unspecified atom stereocenters. The Morgan fingerprint density at radius 2 is 1.70 bits per heavy atom. The molecule has 1 atom stereocenters. The van der Waals surface area contributed by atoms with Crippen molar-refractivity contribution in [3.05, 3.63) is 71.8 Å². The maximum atomic E-state index is 12.0. The van der Waals surface area contributed by atoms with Crippen LogP contribution in [0.2, 0.25) is 0 Å². The van der Waals surface area contributed by atoms with E-state index in [0.717, 1.165) is 16.9 Å². The highest BCUT2D eigenvalue weighted by atomic mass is 16.5. The zero-order chi connectivity index (χ0) is 19.6. The fraction of sp³-hybridized carbons (Fsp3) is 0.273. The van der Waals surface area contributed by atoms with Crippen LogP contribution in [0.25, 0.3) is 6.08 Å². The lowest BCUT2D eigenvalue weighted by molar-refractivity contribution is -0.145. The number of hydrogen-bond acceptors (Lipinski definition) is 4. The van der Waals surface area contributed by atoms with E-state index in [2.05, 4.69) is 5.32 Å². The maximum absolute atomic E-state index is 12.0. The van der Waals surface area contributed by atoms with Crippen molar-refractivity contribution in [2.75, 3.05) is 7.11 Å². The van der Waals surface area contributed by atoms with E-state index < -0.39 is 12.0 Å². The van der Waals surface area contributed by atoms with Crippen molar-refractivity contribution >= 4 is 18.0 Å². The molecule has 2 aromatic carbocycles. The molecule has 0 heterocycles. The Kier molecular flexibility index (Phi) is 7.62. The van der Waals surface area contributed by atoms with Crippen LogP contribution in [-0.2, 0) is 20.9 Å². The molecule has 0 aromatic heterocycles. The number of methoxy groups -OCH3 is 1. The van der Waals surface area contributed by atoms with Crippen molar-refractivity contribution in [3.63, 3.8) is 0 Å². The molecule has 0 bridgehead atoms. The van der Waals surface area contributed by atoms with Gasteiger partial charge in [0.05, 0.1) is 7.11 Å². The van der Waals surface area contributed by atoms with Gasteiger partial charge in [-0.05, 0) is 35.3 Å². The number of benzene rings is 2. The van der Waals surface area contributed by atoms with Gasteiger partial charge in [-0.25, -0.2) is 4.79 Å². The van der Waals surface area contributed by atoms with Crippen LogP contribution < -0.4 is 10.1 Å². The third kappa shape index (κ3) is 6.62. The quantitative estimate of drug-likeness (QED) is 0.572. The first kappa shape index (κ1) is 20.2. The predicted octanol–water partition coefficient (Wildman–Crippen LogP) is 3.59. The first-order chi connectivity index (χ1) is 13.0. The van der Waals surface area contributed by atoms with Crippen molar-refractivity contribution in [1.82, 2.24) is 5.32 Å². The molecule has 0 aliphatic rings. The summed E-state index contributed by atoms with van der Waals surface area (Å²) in [5.41, 5.74) is 1.96. The summed E-state index contributed by atoms with van der Waals surface area (Å²) in [7, 11) is 1.31. The SMILES string of the molecule is COC(=O)[C@@H](NC(=O)/C=C/c1ccc(OCc2ccccc2)cc1)C(C)C. The average molecular weight is 367 g/mol. The number of nitrogens with one attached hydrogen (secondary N) is 1. The van der Waals surface area contributed by atoms with Crippen molar-refractivity contribution in [2.45, 2.75) is 26.5 Å². The molecular weight excluding hydrogens is 342 g/mol. The smallest absolute Gasteiger partial charge is 0.328 e. The van der Waals surface area contributed by atoms with E-state index in [4.69, 9.17) is 9.47 Å². The predicted molar refractivity (Wildman–Crippen MR) is 105 cm³/mol. The zero-order valence-corrected chi connectivity index (χ0v) is 15.8. The highest BCUT2D eigenvalue weighted by Gasteiger charge is 2.23. The molecule has 0 spiro atoms. The van der Waals surface area contributed by atoms with E-state index in [1.165, 1.54) is 13.2 Å². The van der Waals surface area contributed by atoms with Gasteiger partial charge in [0, 0.05) is 6.08 Å². The molecular formula is C22H25NO4. The largest absolute Gasteiger partial charge is 0.489 e. The first-order valence-corrected chi connectivity index (χ1v) is 8.83. The summed E-state index contributed by atoms with van der Waals surface area (Å²) in [6.07, 6.45) is 3.09. The Morgan fingerprint density at radius 1 is 1.04 bits per heavy atom. The van der Waals surface area contributed by atoms with Crippen molar-refractivity contribution in [3.8, 4) is 5.75 Å². The molecule has 0 aliphatic carbocycles. The lowest BCUT2D eigenvalue weighted by Crippen LogP contribution is -2.44. The highest BCUT2D eigenvalue weighted by molar-refractivity contribution is 5.94. The summed E-state index contributed by atoms with van der Waals surface area (Å²) in [6, 6.07) is 16.7. The third-order valence-corrected chi connectivity index (χ3v) is 3.98. The summed E-state index contributed by atoms with van der Waals surface area (Å²) >= 11 is 0. The lowest BCUT2D eigenvalue weighted by atomic mass is 10.0. The second-order valence-electron chi connectivity index (χ2n) is 6.43. The topological polar surface area (TPSA) is 64.6 Å². The minimum absolute atomic E-state index is 0.0594. The summed E-state index contributed by atoms with van der Waals surface area (Å²) in [5, 5.41) is 2.66. The second-order valence-corrected chi connectivity index (χ2v) is 6.43. The van der Waals surface area contributed by atoms with E-state index in [9.17, 15) is 9.59 Å². The number of esters is 1. The number of hydrogen-bond donors (Lipinski definition) is 1. The molecule has 5 heteroatoms. The monoisotopic (exact) mass is 367 g/mol. The fourth-order valence-corrected chi connectivity index (χ4v) is 2.41.